The quantitative estimate of drug-likeness (QED) is 0.193. The lowest BCUT2D eigenvalue weighted by atomic mass is 9.98. The SMILES string of the molecule is COc1ccc(COc2cc(F)ccc2Oc2cc(C3CC3)c(C(F)(F)F)cc2C(=O)Nc2ccnc(OC)c2)cc1. The summed E-state index contributed by atoms with van der Waals surface area (Å²) in [4.78, 5) is 17.3. The molecule has 1 aromatic heterocycles. The van der Waals surface area contributed by atoms with Gasteiger partial charge in [-0.2, -0.15) is 13.2 Å². The van der Waals surface area contributed by atoms with Crippen LogP contribution in [0.15, 0.2) is 72.9 Å². The fraction of sp³-hybridized carbons (Fsp3) is 0.226. The molecule has 0 radical (unpaired) electrons. The van der Waals surface area contributed by atoms with E-state index in [2.05, 4.69) is 10.3 Å². The normalized spacial score (nSPS) is 12.9. The molecule has 0 bridgehead atoms. The third-order valence-electron chi connectivity index (χ3n) is 6.60. The third-order valence-corrected chi connectivity index (χ3v) is 6.60. The number of hydrogen-bond acceptors (Lipinski definition) is 6. The largest absolute Gasteiger partial charge is 0.497 e. The Kier molecular flexibility index (Phi) is 8.19. The highest BCUT2D eigenvalue weighted by Crippen LogP contribution is 2.48. The van der Waals surface area contributed by atoms with Crippen LogP contribution < -0.4 is 24.3 Å². The van der Waals surface area contributed by atoms with Gasteiger partial charge in [0.1, 0.15) is 23.9 Å². The van der Waals surface area contributed by atoms with Crippen molar-refractivity contribution in [3.63, 3.8) is 0 Å². The van der Waals surface area contributed by atoms with Gasteiger partial charge in [-0.25, -0.2) is 9.37 Å². The molecule has 42 heavy (non-hydrogen) atoms. The van der Waals surface area contributed by atoms with Crippen molar-refractivity contribution in [1.82, 2.24) is 4.98 Å². The van der Waals surface area contributed by atoms with Gasteiger partial charge in [-0.05, 0) is 72.4 Å². The molecule has 0 unspecified atom stereocenters. The zero-order valence-electron chi connectivity index (χ0n) is 22.6. The lowest BCUT2D eigenvalue weighted by Gasteiger charge is -2.19. The molecule has 1 fully saturated rings. The molecule has 7 nitrogen and oxygen atoms in total. The van der Waals surface area contributed by atoms with Crippen LogP contribution in [0.2, 0.25) is 0 Å². The molecule has 0 atom stereocenters. The first-order valence-corrected chi connectivity index (χ1v) is 12.9. The van der Waals surface area contributed by atoms with Crippen LogP contribution in [-0.2, 0) is 12.8 Å². The lowest BCUT2D eigenvalue weighted by molar-refractivity contribution is -0.138. The van der Waals surface area contributed by atoms with Gasteiger partial charge >= 0.3 is 6.18 Å². The van der Waals surface area contributed by atoms with Crippen molar-refractivity contribution < 1.29 is 41.3 Å². The zero-order valence-corrected chi connectivity index (χ0v) is 22.6. The van der Waals surface area contributed by atoms with Crippen molar-refractivity contribution in [1.29, 1.82) is 0 Å². The van der Waals surface area contributed by atoms with Crippen molar-refractivity contribution >= 4 is 11.6 Å². The average Bonchev–Trinajstić information content (AvgIpc) is 3.82. The van der Waals surface area contributed by atoms with Gasteiger partial charge in [0.2, 0.25) is 5.88 Å². The molecule has 4 aromatic rings. The smallest absolute Gasteiger partial charge is 0.416 e. The van der Waals surface area contributed by atoms with E-state index in [1.165, 1.54) is 37.6 Å². The first-order valence-electron chi connectivity index (χ1n) is 12.9. The Morgan fingerprint density at radius 3 is 2.36 bits per heavy atom. The summed E-state index contributed by atoms with van der Waals surface area (Å²) in [5, 5.41) is 2.57. The van der Waals surface area contributed by atoms with E-state index in [1.54, 1.807) is 31.4 Å². The zero-order chi connectivity index (χ0) is 29.9. The monoisotopic (exact) mass is 582 g/mol. The summed E-state index contributed by atoms with van der Waals surface area (Å²) in [6, 6.07) is 15.5. The predicted octanol–water partition coefficient (Wildman–Crippen LogP) is 7.76. The van der Waals surface area contributed by atoms with Crippen LogP contribution >= 0.6 is 0 Å². The van der Waals surface area contributed by atoms with Gasteiger partial charge in [-0.3, -0.25) is 4.79 Å². The highest BCUT2D eigenvalue weighted by molar-refractivity contribution is 6.06. The van der Waals surface area contributed by atoms with Crippen LogP contribution in [-0.4, -0.2) is 25.1 Å². The maximum atomic E-state index is 14.2. The van der Waals surface area contributed by atoms with Gasteiger partial charge in [0, 0.05) is 24.0 Å². The number of halogens is 4. The van der Waals surface area contributed by atoms with Crippen LogP contribution in [0, 0.1) is 5.82 Å². The van der Waals surface area contributed by atoms with Gasteiger partial charge in [0.15, 0.2) is 11.5 Å². The summed E-state index contributed by atoms with van der Waals surface area (Å²) < 4.78 is 78.6. The molecule has 0 spiro atoms. The number of nitrogens with one attached hydrogen (secondary N) is 1. The number of rotatable bonds is 10. The van der Waals surface area contributed by atoms with Crippen molar-refractivity contribution in [3.8, 4) is 28.9 Å². The number of carbonyl (C=O) groups excluding carboxylic acids is 1. The molecule has 0 saturated heterocycles. The van der Waals surface area contributed by atoms with Gasteiger partial charge in [-0.1, -0.05) is 12.1 Å². The molecule has 1 N–H and O–H groups in total. The highest BCUT2D eigenvalue weighted by atomic mass is 19.4. The predicted molar refractivity (Wildman–Crippen MR) is 146 cm³/mol. The Bertz CT molecular complexity index is 1590. The summed E-state index contributed by atoms with van der Waals surface area (Å²) in [6.07, 6.45) is -2.16. The minimum atomic E-state index is -4.70. The van der Waals surface area contributed by atoms with E-state index in [9.17, 15) is 22.4 Å². The molecular formula is C31H26F4N2O5. The van der Waals surface area contributed by atoms with E-state index in [0.717, 1.165) is 23.8 Å². The van der Waals surface area contributed by atoms with Crippen LogP contribution in [0.3, 0.4) is 0 Å². The topological polar surface area (TPSA) is 78.9 Å². The molecule has 218 valence electrons. The Morgan fingerprint density at radius 1 is 0.929 bits per heavy atom. The van der Waals surface area contributed by atoms with Crippen LogP contribution in [0.5, 0.6) is 28.9 Å². The Balaban J connectivity index is 1.51. The molecule has 5 rings (SSSR count). The Hall–Kier alpha value is -4.80. The summed E-state index contributed by atoms with van der Waals surface area (Å²) in [5.41, 5.74) is -0.243. The van der Waals surface area contributed by atoms with Gasteiger partial charge in [0.05, 0.1) is 25.3 Å². The van der Waals surface area contributed by atoms with Crippen LogP contribution in [0.4, 0.5) is 23.2 Å². The molecule has 1 amide bonds. The summed E-state index contributed by atoms with van der Waals surface area (Å²) in [5.74, 6) is -1.03. The summed E-state index contributed by atoms with van der Waals surface area (Å²) in [6.45, 7) is 0.0430. The second-order valence-electron chi connectivity index (χ2n) is 9.58. The van der Waals surface area contributed by atoms with Gasteiger partial charge in [0.25, 0.3) is 5.91 Å². The Morgan fingerprint density at radius 2 is 1.69 bits per heavy atom. The van der Waals surface area contributed by atoms with E-state index in [0.29, 0.717) is 18.6 Å². The standard InChI is InChI=1S/C31H26F4N2O5/c1-39-22-8-3-18(4-9-22)17-41-28-13-20(32)7-10-26(28)42-27-16-23(19-5-6-19)25(31(33,34)35)15-24(27)30(38)37-21-11-12-36-29(14-21)40-2/h3-4,7-16,19H,5-6,17H2,1-2H3,(H,36,37,38). The van der Waals surface area contributed by atoms with E-state index < -0.39 is 23.5 Å². The summed E-state index contributed by atoms with van der Waals surface area (Å²) >= 11 is 0. The number of nitrogens with zero attached hydrogens (tertiary/aromatic N) is 1. The average molecular weight is 583 g/mol. The highest BCUT2D eigenvalue weighted by Gasteiger charge is 2.40. The van der Waals surface area contributed by atoms with Gasteiger partial charge < -0.3 is 24.3 Å². The molecule has 1 saturated carbocycles. The second-order valence-corrected chi connectivity index (χ2v) is 9.58. The maximum absolute atomic E-state index is 14.2. The number of benzene rings is 3. The minimum absolute atomic E-state index is 0.00363. The van der Waals surface area contributed by atoms with Crippen molar-refractivity contribution in [3.05, 3.63) is 101 Å². The van der Waals surface area contributed by atoms with E-state index >= 15 is 0 Å². The molecule has 3 aromatic carbocycles. The lowest BCUT2D eigenvalue weighted by Crippen LogP contribution is -2.17. The third kappa shape index (κ3) is 6.73. The second kappa shape index (κ2) is 12.0. The van der Waals surface area contributed by atoms with Gasteiger partial charge in [-0.15, -0.1) is 0 Å². The first-order chi connectivity index (χ1) is 20.1. The number of ether oxygens (including phenoxy) is 4. The number of carbonyl (C=O) groups is 1. The number of anilines is 1. The van der Waals surface area contributed by atoms with Crippen molar-refractivity contribution in [2.24, 2.45) is 0 Å². The number of amides is 1. The molecule has 1 heterocycles. The number of aromatic nitrogens is 1. The molecular weight excluding hydrogens is 556 g/mol. The molecule has 11 heteroatoms. The molecule has 0 aliphatic heterocycles. The number of pyridine rings is 1. The number of hydrogen-bond donors (Lipinski definition) is 1. The summed E-state index contributed by atoms with van der Waals surface area (Å²) in [7, 11) is 2.93. The fourth-order valence-electron chi connectivity index (χ4n) is 4.31. The molecule has 1 aliphatic carbocycles. The number of alkyl halides is 3. The number of methoxy groups -OCH3 is 2. The van der Waals surface area contributed by atoms with Crippen molar-refractivity contribution in [2.75, 3.05) is 19.5 Å². The fourth-order valence-corrected chi connectivity index (χ4v) is 4.31. The van der Waals surface area contributed by atoms with Crippen LogP contribution in [0.1, 0.15) is 45.8 Å². The maximum Gasteiger partial charge on any atom is 0.416 e. The Labute approximate surface area is 239 Å². The van der Waals surface area contributed by atoms with E-state index in [4.69, 9.17) is 18.9 Å². The van der Waals surface area contributed by atoms with E-state index in [1.807, 2.05) is 0 Å². The van der Waals surface area contributed by atoms with Crippen LogP contribution in [0.25, 0.3) is 0 Å². The molecule has 1 aliphatic rings. The first kappa shape index (κ1) is 28.7. The minimum Gasteiger partial charge on any atom is -0.497 e. The van der Waals surface area contributed by atoms with E-state index in [-0.39, 0.29) is 52.5 Å². The van der Waals surface area contributed by atoms with Crippen molar-refractivity contribution in [2.45, 2.75) is 31.5 Å².